The molecule has 0 saturated carbocycles. The summed E-state index contributed by atoms with van der Waals surface area (Å²) in [7, 11) is 2.09. The topological polar surface area (TPSA) is 22.0 Å². The molecule has 0 bridgehead atoms. The first kappa shape index (κ1) is 14.6. The van der Waals surface area contributed by atoms with Crippen LogP contribution in [-0.4, -0.2) is 10.4 Å². The average molecular weight is 291 g/mol. The van der Waals surface area contributed by atoms with Gasteiger partial charge >= 0.3 is 0 Å². The van der Waals surface area contributed by atoms with Crippen molar-refractivity contribution in [2.45, 2.75) is 26.2 Å². The van der Waals surface area contributed by atoms with Crippen LogP contribution >= 0.6 is 0 Å². The smallest absolute Gasteiger partial charge is 0.130 e. The van der Waals surface area contributed by atoms with E-state index in [1.807, 2.05) is 18.2 Å². The fourth-order valence-corrected chi connectivity index (χ4v) is 3.35. The minimum atomic E-state index is 0.116. The molecule has 0 fully saturated rings. The Morgan fingerprint density at radius 1 is 1.05 bits per heavy atom. The van der Waals surface area contributed by atoms with Gasteiger partial charge in [-0.2, -0.15) is 0 Å². The third-order valence-electron chi connectivity index (χ3n) is 4.49. The van der Waals surface area contributed by atoms with Gasteiger partial charge in [-0.25, -0.2) is 0 Å². The largest absolute Gasteiger partial charge is 0.348 e. The Morgan fingerprint density at radius 3 is 2.36 bits per heavy atom. The summed E-state index contributed by atoms with van der Waals surface area (Å²) in [5.41, 5.74) is 4.94. The molecule has 0 amide bonds. The number of fused-ring (bicyclic) bond motifs is 1. The van der Waals surface area contributed by atoms with Crippen LogP contribution in [-0.2, 0) is 11.8 Å². The third-order valence-corrected chi connectivity index (χ3v) is 4.49. The number of nitrogens with zero attached hydrogens (tertiary/aromatic N) is 1. The predicted molar refractivity (Wildman–Crippen MR) is 91.2 cm³/mol. The van der Waals surface area contributed by atoms with E-state index in [-0.39, 0.29) is 11.7 Å². The monoisotopic (exact) mass is 291 g/mol. The number of aryl methyl sites for hydroxylation is 1. The summed E-state index contributed by atoms with van der Waals surface area (Å²) in [4.78, 5) is 11.8. The van der Waals surface area contributed by atoms with Gasteiger partial charge in [-0.1, -0.05) is 48.5 Å². The van der Waals surface area contributed by atoms with Crippen LogP contribution in [0.25, 0.3) is 10.9 Å². The van der Waals surface area contributed by atoms with Gasteiger partial charge in [-0.3, -0.25) is 4.79 Å². The van der Waals surface area contributed by atoms with Gasteiger partial charge in [0.05, 0.1) is 0 Å². The van der Waals surface area contributed by atoms with Crippen molar-refractivity contribution in [1.29, 1.82) is 0 Å². The van der Waals surface area contributed by atoms with Gasteiger partial charge in [0.1, 0.15) is 5.78 Å². The molecule has 2 heteroatoms. The zero-order chi connectivity index (χ0) is 15.7. The highest BCUT2D eigenvalue weighted by Gasteiger charge is 2.23. The number of para-hydroxylation sites is 1. The molecular weight excluding hydrogens is 270 g/mol. The summed E-state index contributed by atoms with van der Waals surface area (Å²) >= 11 is 0. The summed E-state index contributed by atoms with van der Waals surface area (Å²) in [6.45, 7) is 3.82. The van der Waals surface area contributed by atoms with E-state index in [0.29, 0.717) is 6.42 Å². The Hall–Kier alpha value is -2.35. The number of carbonyl (C=O) groups is 1. The van der Waals surface area contributed by atoms with E-state index < -0.39 is 0 Å². The van der Waals surface area contributed by atoms with Crippen molar-refractivity contribution in [3.8, 4) is 0 Å². The minimum absolute atomic E-state index is 0.116. The molecule has 1 heterocycles. The van der Waals surface area contributed by atoms with Gasteiger partial charge in [0, 0.05) is 36.0 Å². The molecule has 0 spiro atoms. The minimum Gasteiger partial charge on any atom is -0.348 e. The molecule has 1 unspecified atom stereocenters. The lowest BCUT2D eigenvalue weighted by Crippen LogP contribution is -2.07. The molecule has 22 heavy (non-hydrogen) atoms. The summed E-state index contributed by atoms with van der Waals surface area (Å²) in [5.74, 6) is 0.339. The van der Waals surface area contributed by atoms with Crippen molar-refractivity contribution in [3.05, 3.63) is 71.4 Å². The predicted octanol–water partition coefficient (Wildman–Crippen LogP) is 4.60. The van der Waals surface area contributed by atoms with Crippen LogP contribution in [0.3, 0.4) is 0 Å². The van der Waals surface area contributed by atoms with E-state index in [1.54, 1.807) is 6.92 Å². The van der Waals surface area contributed by atoms with Crippen molar-refractivity contribution < 1.29 is 4.79 Å². The van der Waals surface area contributed by atoms with Crippen LogP contribution in [0.4, 0.5) is 0 Å². The van der Waals surface area contributed by atoms with Crippen LogP contribution in [0.15, 0.2) is 54.6 Å². The highest BCUT2D eigenvalue weighted by atomic mass is 16.1. The third kappa shape index (κ3) is 2.45. The molecule has 2 nitrogen and oxygen atoms in total. The molecule has 1 aromatic heterocycles. The summed E-state index contributed by atoms with van der Waals surface area (Å²) in [6, 6.07) is 18.8. The number of hydrogen-bond acceptors (Lipinski definition) is 1. The molecule has 0 saturated heterocycles. The first-order valence-corrected chi connectivity index (χ1v) is 7.68. The van der Waals surface area contributed by atoms with Gasteiger partial charge in [0.2, 0.25) is 0 Å². The standard InChI is InChI=1S/C20H21NO/c1-14(22)13-18(16-9-5-4-6-10-16)20-15(2)21(3)19-12-8-7-11-17(19)20/h4-12,18H,13H2,1-3H3. The molecule has 2 aromatic carbocycles. The first-order chi connectivity index (χ1) is 10.6. The van der Waals surface area contributed by atoms with Crippen molar-refractivity contribution in [2.24, 2.45) is 7.05 Å². The van der Waals surface area contributed by atoms with Crippen LogP contribution in [0.2, 0.25) is 0 Å². The van der Waals surface area contributed by atoms with E-state index in [0.717, 1.165) is 0 Å². The van der Waals surface area contributed by atoms with E-state index in [1.165, 1.54) is 27.7 Å². The second-order valence-corrected chi connectivity index (χ2v) is 5.94. The van der Waals surface area contributed by atoms with E-state index in [2.05, 4.69) is 54.9 Å². The molecule has 3 aromatic rings. The maximum absolute atomic E-state index is 11.8. The first-order valence-electron chi connectivity index (χ1n) is 7.68. The Morgan fingerprint density at radius 2 is 1.68 bits per heavy atom. The lowest BCUT2D eigenvalue weighted by Gasteiger charge is -2.17. The molecule has 1 atom stereocenters. The quantitative estimate of drug-likeness (QED) is 0.688. The SMILES string of the molecule is CC(=O)CC(c1ccccc1)c1c(C)n(C)c2ccccc12. The summed E-state index contributed by atoms with van der Waals surface area (Å²) in [5, 5.41) is 1.25. The van der Waals surface area contributed by atoms with E-state index in [9.17, 15) is 4.79 Å². The van der Waals surface area contributed by atoms with Crippen molar-refractivity contribution >= 4 is 16.7 Å². The van der Waals surface area contributed by atoms with Gasteiger partial charge in [0.25, 0.3) is 0 Å². The van der Waals surface area contributed by atoms with Gasteiger partial charge < -0.3 is 4.57 Å². The van der Waals surface area contributed by atoms with Gasteiger partial charge in [-0.05, 0) is 31.0 Å². The lowest BCUT2D eigenvalue weighted by molar-refractivity contribution is -0.117. The number of carbonyl (C=O) groups excluding carboxylic acids is 1. The molecule has 0 radical (unpaired) electrons. The Bertz CT molecular complexity index is 814. The van der Waals surface area contributed by atoms with Crippen LogP contribution in [0.5, 0.6) is 0 Å². The molecule has 0 N–H and O–H groups in total. The van der Waals surface area contributed by atoms with E-state index >= 15 is 0 Å². The zero-order valence-electron chi connectivity index (χ0n) is 13.3. The fraction of sp³-hybridized carbons (Fsp3) is 0.250. The highest BCUT2D eigenvalue weighted by Crippen LogP contribution is 2.37. The summed E-state index contributed by atoms with van der Waals surface area (Å²) in [6.07, 6.45) is 0.541. The number of benzene rings is 2. The molecule has 3 rings (SSSR count). The highest BCUT2D eigenvalue weighted by molar-refractivity contribution is 5.88. The van der Waals surface area contributed by atoms with Crippen molar-refractivity contribution in [1.82, 2.24) is 4.57 Å². The maximum Gasteiger partial charge on any atom is 0.130 e. The molecule has 112 valence electrons. The average Bonchev–Trinajstić information content (AvgIpc) is 2.78. The van der Waals surface area contributed by atoms with Crippen molar-refractivity contribution in [2.75, 3.05) is 0 Å². The molecule has 0 aliphatic carbocycles. The molecular formula is C20H21NO. The zero-order valence-corrected chi connectivity index (χ0v) is 13.3. The van der Waals surface area contributed by atoms with E-state index in [4.69, 9.17) is 0 Å². The lowest BCUT2D eigenvalue weighted by atomic mass is 9.85. The molecule has 0 aliphatic rings. The number of ketones is 1. The number of hydrogen-bond donors (Lipinski definition) is 0. The Labute approximate surface area is 131 Å². The number of rotatable bonds is 4. The second-order valence-electron chi connectivity index (χ2n) is 5.94. The maximum atomic E-state index is 11.8. The second kappa shape index (κ2) is 5.80. The van der Waals surface area contributed by atoms with Crippen LogP contribution in [0, 0.1) is 6.92 Å². The summed E-state index contributed by atoms with van der Waals surface area (Å²) < 4.78 is 2.22. The Balaban J connectivity index is 2.25. The van der Waals surface area contributed by atoms with Crippen LogP contribution in [0.1, 0.15) is 36.1 Å². The van der Waals surface area contributed by atoms with Crippen LogP contribution < -0.4 is 0 Å². The Kier molecular flexibility index (Phi) is 3.84. The molecule has 0 aliphatic heterocycles. The number of Topliss-reactive ketones (excluding diaryl/α,β-unsaturated/α-hetero) is 1. The number of aromatic nitrogens is 1. The van der Waals surface area contributed by atoms with Gasteiger partial charge in [-0.15, -0.1) is 0 Å². The van der Waals surface area contributed by atoms with Gasteiger partial charge in [0.15, 0.2) is 0 Å². The fourth-order valence-electron chi connectivity index (χ4n) is 3.35. The van der Waals surface area contributed by atoms with Crippen molar-refractivity contribution in [3.63, 3.8) is 0 Å². The normalized spacial score (nSPS) is 12.5.